The predicted octanol–water partition coefficient (Wildman–Crippen LogP) is 2.95. The second kappa shape index (κ2) is 3.45. The highest BCUT2D eigenvalue weighted by atomic mass is 79.9. The second-order valence-corrected chi connectivity index (χ2v) is 3.60. The third-order valence-corrected chi connectivity index (χ3v) is 2.96. The smallest absolute Gasteiger partial charge is 0.258 e. The normalized spacial score (nSPS) is 9.92. The van der Waals surface area contributed by atoms with Crippen molar-refractivity contribution < 1.29 is 4.92 Å². The number of thiol groups is 1. The van der Waals surface area contributed by atoms with Crippen LogP contribution in [0.4, 0.5) is 5.69 Å². The number of halogens is 1. The summed E-state index contributed by atoms with van der Waals surface area (Å²) in [5.74, 6) is 0. The number of nitro groups is 1. The lowest BCUT2D eigenvalue weighted by atomic mass is 10.2. The molecule has 0 spiro atoms. The molecule has 0 N–H and O–H groups in total. The Kier molecular flexibility index (Phi) is 2.74. The molecule has 0 bridgehead atoms. The van der Waals surface area contributed by atoms with Gasteiger partial charge >= 0.3 is 0 Å². The van der Waals surface area contributed by atoms with Gasteiger partial charge in [-0.15, -0.1) is 12.6 Å². The van der Waals surface area contributed by atoms with Crippen LogP contribution in [0.1, 0.15) is 5.56 Å². The number of nitro benzene ring substituents is 1. The average Bonchev–Trinajstić information content (AvgIpc) is 2.00. The maximum atomic E-state index is 10.4. The van der Waals surface area contributed by atoms with Gasteiger partial charge in [-0.25, -0.2) is 0 Å². The van der Waals surface area contributed by atoms with Gasteiger partial charge in [0, 0.05) is 10.5 Å². The van der Waals surface area contributed by atoms with E-state index >= 15 is 0 Å². The van der Waals surface area contributed by atoms with Crippen LogP contribution in [0.2, 0.25) is 0 Å². The van der Waals surface area contributed by atoms with E-state index in [-0.39, 0.29) is 5.69 Å². The zero-order chi connectivity index (χ0) is 9.30. The standard InChI is InChI=1S/C7H6BrNO2S/c1-4-5(8)2-3-6(7(4)12)9(10)11/h2-3,12H,1H3. The summed E-state index contributed by atoms with van der Waals surface area (Å²) in [7, 11) is 0. The Morgan fingerprint density at radius 1 is 1.58 bits per heavy atom. The van der Waals surface area contributed by atoms with Crippen LogP contribution in [0.3, 0.4) is 0 Å². The van der Waals surface area contributed by atoms with Crippen molar-refractivity contribution in [2.24, 2.45) is 0 Å². The van der Waals surface area contributed by atoms with Crippen LogP contribution in [-0.4, -0.2) is 4.92 Å². The molecule has 0 fully saturated rings. The van der Waals surface area contributed by atoms with Crippen molar-refractivity contribution >= 4 is 34.2 Å². The molecule has 12 heavy (non-hydrogen) atoms. The number of rotatable bonds is 1. The van der Waals surface area contributed by atoms with Crippen molar-refractivity contribution in [2.75, 3.05) is 0 Å². The van der Waals surface area contributed by atoms with Gasteiger partial charge in [-0.1, -0.05) is 15.9 Å². The van der Waals surface area contributed by atoms with E-state index in [1.54, 1.807) is 13.0 Å². The van der Waals surface area contributed by atoms with Gasteiger partial charge in [0.15, 0.2) is 0 Å². The maximum absolute atomic E-state index is 10.4. The minimum atomic E-state index is -0.443. The van der Waals surface area contributed by atoms with E-state index in [2.05, 4.69) is 28.6 Å². The van der Waals surface area contributed by atoms with Crippen LogP contribution in [-0.2, 0) is 0 Å². The lowest BCUT2D eigenvalue weighted by Gasteiger charge is -2.01. The van der Waals surface area contributed by atoms with E-state index in [1.165, 1.54) is 6.07 Å². The molecule has 0 aromatic heterocycles. The Labute approximate surface area is 83.5 Å². The fraction of sp³-hybridized carbons (Fsp3) is 0.143. The van der Waals surface area contributed by atoms with Gasteiger partial charge in [0.2, 0.25) is 0 Å². The summed E-state index contributed by atoms with van der Waals surface area (Å²) in [4.78, 5) is 10.4. The van der Waals surface area contributed by atoms with Gasteiger partial charge in [-0.3, -0.25) is 10.1 Å². The number of hydrogen-bond acceptors (Lipinski definition) is 3. The lowest BCUT2D eigenvalue weighted by Crippen LogP contribution is -1.91. The molecule has 0 aliphatic carbocycles. The summed E-state index contributed by atoms with van der Waals surface area (Å²) in [6, 6.07) is 3.08. The minimum absolute atomic E-state index is 0.0408. The summed E-state index contributed by atoms with van der Waals surface area (Å²) in [5, 5.41) is 10.4. The molecule has 64 valence electrons. The molecule has 1 aromatic rings. The first-order valence-electron chi connectivity index (χ1n) is 3.16. The first-order valence-corrected chi connectivity index (χ1v) is 4.40. The Morgan fingerprint density at radius 3 is 2.67 bits per heavy atom. The van der Waals surface area contributed by atoms with Crippen LogP contribution in [0.25, 0.3) is 0 Å². The molecule has 5 heteroatoms. The van der Waals surface area contributed by atoms with E-state index in [0.717, 1.165) is 10.0 Å². The van der Waals surface area contributed by atoms with Gasteiger partial charge in [-0.05, 0) is 18.6 Å². The van der Waals surface area contributed by atoms with Crippen LogP contribution < -0.4 is 0 Å². The number of hydrogen-bond donors (Lipinski definition) is 1. The summed E-state index contributed by atoms with van der Waals surface area (Å²) >= 11 is 7.31. The van der Waals surface area contributed by atoms with E-state index in [1.807, 2.05) is 0 Å². The van der Waals surface area contributed by atoms with Crippen molar-refractivity contribution in [1.82, 2.24) is 0 Å². The molecule has 0 unspecified atom stereocenters. The first kappa shape index (κ1) is 9.54. The molecule has 1 aromatic carbocycles. The largest absolute Gasteiger partial charge is 0.282 e. The average molecular weight is 248 g/mol. The number of nitrogens with zero attached hydrogens (tertiary/aromatic N) is 1. The van der Waals surface area contributed by atoms with E-state index < -0.39 is 4.92 Å². The fourth-order valence-corrected chi connectivity index (χ4v) is 1.57. The highest BCUT2D eigenvalue weighted by molar-refractivity contribution is 9.10. The van der Waals surface area contributed by atoms with Gasteiger partial charge in [0.1, 0.15) is 0 Å². The summed E-state index contributed by atoms with van der Waals surface area (Å²) in [5.41, 5.74) is 0.826. The molecule has 0 saturated carbocycles. The molecule has 0 radical (unpaired) electrons. The fourth-order valence-electron chi connectivity index (χ4n) is 0.809. The van der Waals surface area contributed by atoms with Crippen LogP contribution in [0, 0.1) is 17.0 Å². The molecule has 0 atom stereocenters. The Morgan fingerprint density at radius 2 is 2.17 bits per heavy atom. The molecular weight excluding hydrogens is 242 g/mol. The molecular formula is C7H6BrNO2S. The van der Waals surface area contributed by atoms with Crippen molar-refractivity contribution in [3.8, 4) is 0 Å². The highest BCUT2D eigenvalue weighted by Crippen LogP contribution is 2.30. The Balaban J connectivity index is 3.36. The van der Waals surface area contributed by atoms with Gasteiger partial charge in [0.25, 0.3) is 5.69 Å². The quantitative estimate of drug-likeness (QED) is 0.471. The van der Waals surface area contributed by atoms with E-state index in [4.69, 9.17) is 0 Å². The number of benzene rings is 1. The summed E-state index contributed by atoms with van der Waals surface area (Å²) < 4.78 is 0.832. The molecule has 0 amide bonds. The van der Waals surface area contributed by atoms with Crippen molar-refractivity contribution in [2.45, 2.75) is 11.8 Å². The SMILES string of the molecule is Cc1c(Br)ccc([N+](=O)[O-])c1S. The first-order chi connectivity index (χ1) is 5.54. The van der Waals surface area contributed by atoms with E-state index in [9.17, 15) is 10.1 Å². The molecule has 1 rings (SSSR count). The predicted molar refractivity (Wildman–Crippen MR) is 52.8 cm³/mol. The maximum Gasteiger partial charge on any atom is 0.282 e. The van der Waals surface area contributed by atoms with Crippen molar-refractivity contribution in [3.05, 3.63) is 32.3 Å². The zero-order valence-corrected chi connectivity index (χ0v) is 8.72. The summed E-state index contributed by atoms with van der Waals surface area (Å²) in [6.45, 7) is 1.78. The lowest BCUT2D eigenvalue weighted by molar-refractivity contribution is -0.387. The topological polar surface area (TPSA) is 43.1 Å². The second-order valence-electron chi connectivity index (χ2n) is 2.30. The van der Waals surface area contributed by atoms with Crippen LogP contribution in [0.15, 0.2) is 21.5 Å². The monoisotopic (exact) mass is 247 g/mol. The molecule has 3 nitrogen and oxygen atoms in total. The zero-order valence-electron chi connectivity index (χ0n) is 6.24. The molecule has 0 saturated heterocycles. The van der Waals surface area contributed by atoms with E-state index in [0.29, 0.717) is 4.90 Å². The molecule has 0 aliphatic heterocycles. The van der Waals surface area contributed by atoms with Crippen LogP contribution in [0.5, 0.6) is 0 Å². The highest BCUT2D eigenvalue weighted by Gasteiger charge is 2.13. The summed E-state index contributed by atoms with van der Waals surface area (Å²) in [6.07, 6.45) is 0. The minimum Gasteiger partial charge on any atom is -0.258 e. The van der Waals surface area contributed by atoms with Gasteiger partial charge in [0.05, 0.1) is 9.82 Å². The Bertz CT molecular complexity index is 340. The van der Waals surface area contributed by atoms with Crippen molar-refractivity contribution in [3.63, 3.8) is 0 Å². The van der Waals surface area contributed by atoms with Crippen molar-refractivity contribution in [1.29, 1.82) is 0 Å². The third-order valence-electron chi connectivity index (χ3n) is 1.54. The van der Waals surface area contributed by atoms with Gasteiger partial charge in [-0.2, -0.15) is 0 Å². The van der Waals surface area contributed by atoms with Gasteiger partial charge < -0.3 is 0 Å². The van der Waals surface area contributed by atoms with Crippen LogP contribution >= 0.6 is 28.6 Å². The molecule has 0 aliphatic rings. The molecule has 0 heterocycles. The Hall–Kier alpha value is -0.550. The third kappa shape index (κ3) is 1.61.